The van der Waals surface area contributed by atoms with Crippen LogP contribution in [-0.4, -0.2) is 0 Å². The Hall–Kier alpha value is 0. The van der Waals surface area contributed by atoms with Crippen LogP contribution in [0.1, 0.15) is 66.7 Å². The molecule has 0 aromatic rings. The standard InChI is InChI=1S/C13H26/c1-6-12(4)9-7-8-10-13(12,5)11(2)3/h11H,6-10H2,1-5H3. The van der Waals surface area contributed by atoms with E-state index in [4.69, 9.17) is 0 Å². The fourth-order valence-corrected chi connectivity index (χ4v) is 3.16. The molecule has 1 aliphatic carbocycles. The molecule has 1 saturated carbocycles. The first-order valence-electron chi connectivity index (χ1n) is 5.96. The van der Waals surface area contributed by atoms with Gasteiger partial charge in [-0.15, -0.1) is 0 Å². The maximum Gasteiger partial charge on any atom is -0.0249 e. The molecule has 0 aliphatic heterocycles. The SMILES string of the molecule is CCC1(C)CCCCC1(C)C(C)C. The average Bonchev–Trinajstić information content (AvgIpc) is 2.10. The van der Waals surface area contributed by atoms with E-state index in [1.54, 1.807) is 0 Å². The highest BCUT2D eigenvalue weighted by Gasteiger charge is 2.46. The van der Waals surface area contributed by atoms with E-state index in [0.29, 0.717) is 10.8 Å². The molecule has 13 heavy (non-hydrogen) atoms. The molecule has 1 rings (SSSR count). The topological polar surface area (TPSA) is 0 Å². The molecule has 0 heteroatoms. The molecular formula is C13H26. The Kier molecular flexibility index (Phi) is 3.09. The first-order chi connectivity index (χ1) is 5.96. The van der Waals surface area contributed by atoms with Gasteiger partial charge < -0.3 is 0 Å². The molecule has 0 nitrogen and oxygen atoms in total. The van der Waals surface area contributed by atoms with E-state index in [9.17, 15) is 0 Å². The lowest BCUT2D eigenvalue weighted by molar-refractivity contribution is -0.0275. The van der Waals surface area contributed by atoms with Crippen molar-refractivity contribution in [2.24, 2.45) is 16.7 Å². The van der Waals surface area contributed by atoms with Crippen molar-refractivity contribution in [3.8, 4) is 0 Å². The van der Waals surface area contributed by atoms with E-state index in [-0.39, 0.29) is 0 Å². The predicted octanol–water partition coefficient (Wildman–Crippen LogP) is 4.64. The number of hydrogen-bond donors (Lipinski definition) is 0. The van der Waals surface area contributed by atoms with E-state index >= 15 is 0 Å². The molecule has 0 radical (unpaired) electrons. The van der Waals surface area contributed by atoms with Gasteiger partial charge in [0.15, 0.2) is 0 Å². The largest absolute Gasteiger partial charge is 0.0648 e. The van der Waals surface area contributed by atoms with Crippen LogP contribution >= 0.6 is 0 Å². The highest BCUT2D eigenvalue weighted by molar-refractivity contribution is 4.96. The van der Waals surface area contributed by atoms with Gasteiger partial charge in [-0.25, -0.2) is 0 Å². The van der Waals surface area contributed by atoms with Gasteiger partial charge >= 0.3 is 0 Å². The molecule has 2 unspecified atom stereocenters. The molecule has 0 spiro atoms. The maximum absolute atomic E-state index is 2.51. The third kappa shape index (κ3) is 1.65. The molecule has 78 valence electrons. The first kappa shape index (κ1) is 11.1. The van der Waals surface area contributed by atoms with Gasteiger partial charge in [-0.1, -0.05) is 53.9 Å². The zero-order valence-electron chi connectivity index (χ0n) is 10.1. The Bertz CT molecular complexity index is 171. The van der Waals surface area contributed by atoms with Crippen LogP contribution in [-0.2, 0) is 0 Å². The van der Waals surface area contributed by atoms with Gasteiger partial charge in [0, 0.05) is 0 Å². The van der Waals surface area contributed by atoms with E-state index < -0.39 is 0 Å². The van der Waals surface area contributed by atoms with Gasteiger partial charge in [-0.05, 0) is 29.6 Å². The summed E-state index contributed by atoms with van der Waals surface area (Å²) in [6.07, 6.45) is 7.13. The van der Waals surface area contributed by atoms with Gasteiger partial charge in [0.2, 0.25) is 0 Å². The van der Waals surface area contributed by atoms with E-state index in [0.717, 1.165) is 5.92 Å². The molecule has 2 atom stereocenters. The van der Waals surface area contributed by atoms with Crippen molar-refractivity contribution in [2.45, 2.75) is 66.7 Å². The molecule has 1 aliphatic rings. The molecular weight excluding hydrogens is 156 g/mol. The molecule has 0 bridgehead atoms. The third-order valence-electron chi connectivity index (χ3n) is 5.11. The molecule has 0 heterocycles. The lowest BCUT2D eigenvalue weighted by Crippen LogP contribution is -2.43. The Balaban J connectivity index is 2.90. The van der Waals surface area contributed by atoms with E-state index in [2.05, 4.69) is 34.6 Å². The van der Waals surface area contributed by atoms with Crippen LogP contribution in [0.3, 0.4) is 0 Å². The van der Waals surface area contributed by atoms with Crippen molar-refractivity contribution >= 4 is 0 Å². The Morgan fingerprint density at radius 3 is 2.00 bits per heavy atom. The van der Waals surface area contributed by atoms with Crippen LogP contribution in [0.15, 0.2) is 0 Å². The van der Waals surface area contributed by atoms with Gasteiger partial charge in [0.05, 0.1) is 0 Å². The summed E-state index contributed by atoms with van der Waals surface area (Å²) in [7, 11) is 0. The summed E-state index contributed by atoms with van der Waals surface area (Å²) in [4.78, 5) is 0. The lowest BCUT2D eigenvalue weighted by atomic mass is 9.52. The van der Waals surface area contributed by atoms with Crippen molar-refractivity contribution in [1.29, 1.82) is 0 Å². The van der Waals surface area contributed by atoms with Crippen molar-refractivity contribution in [3.05, 3.63) is 0 Å². The highest BCUT2D eigenvalue weighted by Crippen LogP contribution is 2.56. The quantitative estimate of drug-likeness (QED) is 0.583. The van der Waals surface area contributed by atoms with Gasteiger partial charge in [0.25, 0.3) is 0 Å². The summed E-state index contributed by atoms with van der Waals surface area (Å²) in [5.41, 5.74) is 1.18. The zero-order chi connectivity index (χ0) is 10.1. The lowest BCUT2D eigenvalue weighted by Gasteiger charge is -2.53. The Labute approximate surface area is 84.1 Å². The second kappa shape index (κ2) is 3.63. The summed E-state index contributed by atoms with van der Waals surface area (Å²) in [5, 5.41) is 0. The highest BCUT2D eigenvalue weighted by atomic mass is 14.5. The van der Waals surface area contributed by atoms with Gasteiger partial charge in [0.1, 0.15) is 0 Å². The minimum Gasteiger partial charge on any atom is -0.0648 e. The molecule has 0 aromatic heterocycles. The molecule has 0 saturated heterocycles. The second-order valence-corrected chi connectivity index (χ2v) is 5.69. The predicted molar refractivity (Wildman–Crippen MR) is 59.8 cm³/mol. The van der Waals surface area contributed by atoms with E-state index in [1.807, 2.05) is 0 Å². The normalized spacial score (nSPS) is 41.1. The first-order valence-corrected chi connectivity index (χ1v) is 5.96. The number of hydrogen-bond acceptors (Lipinski definition) is 0. The van der Waals surface area contributed by atoms with Crippen molar-refractivity contribution in [1.82, 2.24) is 0 Å². The third-order valence-corrected chi connectivity index (χ3v) is 5.11. The average molecular weight is 182 g/mol. The molecule has 0 aromatic carbocycles. The summed E-state index contributed by atoms with van der Waals surface area (Å²) in [5.74, 6) is 0.831. The fraction of sp³-hybridized carbons (Fsp3) is 1.00. The summed E-state index contributed by atoms with van der Waals surface area (Å²) >= 11 is 0. The van der Waals surface area contributed by atoms with Gasteiger partial charge in [-0.3, -0.25) is 0 Å². The fourth-order valence-electron chi connectivity index (χ4n) is 3.16. The minimum absolute atomic E-state index is 0.583. The van der Waals surface area contributed by atoms with Crippen LogP contribution in [0.25, 0.3) is 0 Å². The van der Waals surface area contributed by atoms with Crippen LogP contribution in [0.4, 0.5) is 0 Å². The van der Waals surface area contributed by atoms with Crippen molar-refractivity contribution in [3.63, 3.8) is 0 Å². The van der Waals surface area contributed by atoms with Crippen molar-refractivity contribution < 1.29 is 0 Å². The van der Waals surface area contributed by atoms with Gasteiger partial charge in [-0.2, -0.15) is 0 Å². The summed E-state index contributed by atoms with van der Waals surface area (Å²) in [6, 6.07) is 0. The van der Waals surface area contributed by atoms with E-state index in [1.165, 1.54) is 32.1 Å². The smallest absolute Gasteiger partial charge is 0.0249 e. The zero-order valence-corrected chi connectivity index (χ0v) is 10.1. The van der Waals surface area contributed by atoms with Crippen LogP contribution in [0.2, 0.25) is 0 Å². The Morgan fingerprint density at radius 2 is 1.62 bits per heavy atom. The summed E-state index contributed by atoms with van der Waals surface area (Å²) < 4.78 is 0. The second-order valence-electron chi connectivity index (χ2n) is 5.69. The van der Waals surface area contributed by atoms with Crippen LogP contribution in [0.5, 0.6) is 0 Å². The molecule has 0 N–H and O–H groups in total. The minimum atomic E-state index is 0.583. The maximum atomic E-state index is 2.51. The monoisotopic (exact) mass is 182 g/mol. The van der Waals surface area contributed by atoms with Crippen LogP contribution < -0.4 is 0 Å². The molecule has 0 amide bonds. The Morgan fingerprint density at radius 1 is 1.08 bits per heavy atom. The molecule has 1 fully saturated rings. The van der Waals surface area contributed by atoms with Crippen molar-refractivity contribution in [2.75, 3.05) is 0 Å². The summed E-state index contributed by atoms with van der Waals surface area (Å²) in [6.45, 7) is 12.2. The van der Waals surface area contributed by atoms with Crippen LogP contribution in [0, 0.1) is 16.7 Å². The number of rotatable bonds is 2.